The van der Waals surface area contributed by atoms with Gasteiger partial charge in [0.25, 0.3) is 0 Å². The van der Waals surface area contributed by atoms with Crippen LogP contribution in [0.5, 0.6) is 0 Å². The van der Waals surface area contributed by atoms with E-state index in [4.69, 9.17) is 4.89 Å². The lowest BCUT2D eigenvalue weighted by molar-refractivity contribution is 0.301. The summed E-state index contributed by atoms with van der Waals surface area (Å²) in [5.74, 6) is 0. The van der Waals surface area contributed by atoms with E-state index in [0.717, 1.165) is 0 Å². The summed E-state index contributed by atoms with van der Waals surface area (Å²) < 4.78 is 13.9. The SMILES string of the molecule is O=[P](O)OCCBr. The Hall–Kier alpha value is 0.500. The minimum atomic E-state index is -2.39. The highest BCUT2D eigenvalue weighted by Crippen LogP contribution is 2.13. The summed E-state index contributed by atoms with van der Waals surface area (Å²) in [6, 6.07) is 0. The second-order valence-electron chi connectivity index (χ2n) is 0.760. The smallest absolute Gasteiger partial charge is 0.298 e. The molecule has 0 aromatic rings. The lowest BCUT2D eigenvalue weighted by Gasteiger charge is -1.88. The molecule has 0 bridgehead atoms. The number of hydrogen-bond acceptors (Lipinski definition) is 2. The predicted octanol–water partition coefficient (Wildman–Crippen LogP) is 1.05. The maximum Gasteiger partial charge on any atom is 0.366 e. The lowest BCUT2D eigenvalue weighted by atomic mass is 10.9. The Morgan fingerprint density at radius 3 is 2.57 bits per heavy atom. The summed E-state index contributed by atoms with van der Waals surface area (Å²) in [5, 5.41) is 0.592. The van der Waals surface area contributed by atoms with Crippen molar-refractivity contribution < 1.29 is 14.0 Å². The third-order valence-electron chi connectivity index (χ3n) is 0.279. The topological polar surface area (TPSA) is 46.5 Å². The van der Waals surface area contributed by atoms with Crippen LogP contribution >= 0.6 is 24.2 Å². The molecule has 1 N–H and O–H groups in total. The molecule has 0 spiro atoms. The van der Waals surface area contributed by atoms with Crippen molar-refractivity contribution >= 4 is 24.2 Å². The summed E-state index contributed by atoms with van der Waals surface area (Å²) in [6.07, 6.45) is 0. The van der Waals surface area contributed by atoms with E-state index in [1.54, 1.807) is 0 Å². The molecule has 0 rings (SSSR count). The molecule has 43 valence electrons. The van der Waals surface area contributed by atoms with Crippen molar-refractivity contribution in [3.05, 3.63) is 0 Å². The number of halogens is 1. The van der Waals surface area contributed by atoms with Gasteiger partial charge in [0, 0.05) is 5.33 Å². The van der Waals surface area contributed by atoms with Crippen LogP contribution in [-0.4, -0.2) is 16.8 Å². The van der Waals surface area contributed by atoms with E-state index < -0.39 is 8.25 Å². The second-order valence-corrected chi connectivity index (χ2v) is 2.29. The third-order valence-corrected chi connectivity index (χ3v) is 1.01. The molecule has 0 saturated heterocycles. The highest BCUT2D eigenvalue weighted by atomic mass is 79.9. The molecule has 0 aromatic heterocycles. The summed E-state index contributed by atoms with van der Waals surface area (Å²) in [6.45, 7) is 0.283. The normalized spacial score (nSPS) is 11.4. The van der Waals surface area contributed by atoms with E-state index in [0.29, 0.717) is 5.33 Å². The Morgan fingerprint density at radius 1 is 1.86 bits per heavy atom. The molecule has 0 aliphatic heterocycles. The maximum atomic E-state index is 9.66. The first-order valence-corrected chi connectivity index (χ1v) is 3.87. The summed E-state index contributed by atoms with van der Waals surface area (Å²) >= 11 is 3.01. The fourth-order valence-electron chi connectivity index (χ4n) is 0.113. The fourth-order valence-corrected chi connectivity index (χ4v) is 0.772. The standard InChI is InChI=1S/C2H5BrO3P/c3-1-2-6-7(4)5/h1-2H2,(H,4,5). The zero-order chi connectivity index (χ0) is 5.70. The van der Waals surface area contributed by atoms with Gasteiger partial charge in [-0.3, -0.25) is 9.42 Å². The van der Waals surface area contributed by atoms with Crippen LogP contribution in [0.4, 0.5) is 0 Å². The second kappa shape index (κ2) is 4.65. The van der Waals surface area contributed by atoms with E-state index in [-0.39, 0.29) is 6.61 Å². The number of alkyl halides is 1. The molecule has 0 fully saturated rings. The Labute approximate surface area is 50.8 Å². The van der Waals surface area contributed by atoms with Crippen LogP contribution < -0.4 is 0 Å². The van der Waals surface area contributed by atoms with E-state index in [1.807, 2.05) is 0 Å². The summed E-state index contributed by atoms with van der Waals surface area (Å²) in [4.78, 5) is 7.95. The highest BCUT2D eigenvalue weighted by molar-refractivity contribution is 9.09. The first-order valence-electron chi connectivity index (χ1n) is 1.62. The highest BCUT2D eigenvalue weighted by Gasteiger charge is 1.88. The van der Waals surface area contributed by atoms with Crippen molar-refractivity contribution in [3.8, 4) is 0 Å². The van der Waals surface area contributed by atoms with Gasteiger partial charge >= 0.3 is 8.25 Å². The van der Waals surface area contributed by atoms with Gasteiger partial charge in [0.2, 0.25) is 0 Å². The average Bonchev–Trinajstić information content (AvgIpc) is 1.61. The molecule has 1 radical (unpaired) electrons. The summed E-state index contributed by atoms with van der Waals surface area (Å²) in [5.41, 5.74) is 0. The zero-order valence-corrected chi connectivity index (χ0v) is 5.98. The third kappa shape index (κ3) is 6.50. The van der Waals surface area contributed by atoms with Gasteiger partial charge in [-0.25, -0.2) is 4.57 Å². The molecule has 3 nitrogen and oxygen atoms in total. The van der Waals surface area contributed by atoms with E-state index in [2.05, 4.69) is 20.5 Å². The number of rotatable bonds is 3. The molecule has 0 amide bonds. The first-order chi connectivity index (χ1) is 3.27. The van der Waals surface area contributed by atoms with Crippen LogP contribution in [-0.2, 0) is 9.09 Å². The van der Waals surface area contributed by atoms with Gasteiger partial charge in [-0.15, -0.1) is 0 Å². The minimum absolute atomic E-state index is 0.283. The number of hydrogen-bond donors (Lipinski definition) is 1. The van der Waals surface area contributed by atoms with Gasteiger partial charge in [-0.05, 0) is 0 Å². The molecular formula is C2H5BrO3P. The van der Waals surface area contributed by atoms with Gasteiger partial charge in [-0.2, -0.15) is 0 Å². The Morgan fingerprint density at radius 2 is 2.43 bits per heavy atom. The molecule has 7 heavy (non-hydrogen) atoms. The van der Waals surface area contributed by atoms with E-state index in [1.165, 1.54) is 0 Å². The molecule has 0 aliphatic carbocycles. The molecule has 0 aromatic carbocycles. The zero-order valence-electron chi connectivity index (χ0n) is 3.50. The van der Waals surface area contributed by atoms with Crippen molar-refractivity contribution in [3.63, 3.8) is 0 Å². The van der Waals surface area contributed by atoms with Crippen LogP contribution in [0, 0.1) is 0 Å². The predicted molar refractivity (Wildman–Crippen MR) is 29.6 cm³/mol. The van der Waals surface area contributed by atoms with Gasteiger partial charge in [0.1, 0.15) is 0 Å². The largest absolute Gasteiger partial charge is 0.366 e. The molecule has 0 heterocycles. The average molecular weight is 188 g/mol. The molecular weight excluding hydrogens is 183 g/mol. The van der Waals surface area contributed by atoms with Crippen molar-refractivity contribution in [1.29, 1.82) is 0 Å². The van der Waals surface area contributed by atoms with Gasteiger partial charge in [0.15, 0.2) is 0 Å². The van der Waals surface area contributed by atoms with Gasteiger partial charge in [0.05, 0.1) is 6.61 Å². The first kappa shape index (κ1) is 7.50. The van der Waals surface area contributed by atoms with Crippen molar-refractivity contribution in [2.45, 2.75) is 0 Å². The molecule has 5 heteroatoms. The molecule has 1 atom stereocenters. The molecule has 0 aliphatic rings. The van der Waals surface area contributed by atoms with Crippen molar-refractivity contribution in [1.82, 2.24) is 0 Å². The van der Waals surface area contributed by atoms with Crippen LogP contribution in [0.1, 0.15) is 0 Å². The van der Waals surface area contributed by atoms with E-state index in [9.17, 15) is 4.57 Å². The quantitative estimate of drug-likeness (QED) is 0.531. The Kier molecular flexibility index (Phi) is 4.99. The molecule has 0 saturated carbocycles. The maximum absolute atomic E-state index is 9.66. The fraction of sp³-hybridized carbons (Fsp3) is 1.00. The molecule has 1 unspecified atom stereocenters. The van der Waals surface area contributed by atoms with Crippen molar-refractivity contribution in [2.75, 3.05) is 11.9 Å². The van der Waals surface area contributed by atoms with Crippen LogP contribution in [0.15, 0.2) is 0 Å². The lowest BCUT2D eigenvalue weighted by Crippen LogP contribution is -1.83. The van der Waals surface area contributed by atoms with Crippen molar-refractivity contribution in [2.24, 2.45) is 0 Å². The van der Waals surface area contributed by atoms with E-state index >= 15 is 0 Å². The van der Waals surface area contributed by atoms with Gasteiger partial charge in [-0.1, -0.05) is 15.9 Å². The Balaban J connectivity index is 2.82. The summed E-state index contributed by atoms with van der Waals surface area (Å²) in [7, 11) is -2.39. The Bertz CT molecular complexity index is 66.0. The van der Waals surface area contributed by atoms with Crippen LogP contribution in [0.2, 0.25) is 0 Å². The van der Waals surface area contributed by atoms with Gasteiger partial charge < -0.3 is 0 Å². The minimum Gasteiger partial charge on any atom is -0.298 e. The monoisotopic (exact) mass is 187 g/mol. The van der Waals surface area contributed by atoms with Crippen LogP contribution in [0.25, 0.3) is 0 Å². The van der Waals surface area contributed by atoms with Crippen LogP contribution in [0.3, 0.4) is 0 Å².